The highest BCUT2D eigenvalue weighted by Crippen LogP contribution is 2.35. The Kier molecular flexibility index (Phi) is 3.27. The first-order chi connectivity index (χ1) is 12.9. The standard InChI is InChI=1S/C17H13N9/c1-2-4-14-13(3-1)21-15-12(16-23-24-25-26(14)16)10-20-17(22-15)19-9-11-5-7-18-8-6-11/h1-8,10H,9H2,(H2,19,20,21,22). The topological polar surface area (TPSA) is 106 Å². The Bertz CT molecular complexity index is 1070. The Morgan fingerprint density at radius 1 is 1.08 bits per heavy atom. The molecular weight excluding hydrogens is 330 g/mol. The number of tetrazole rings is 1. The van der Waals surface area contributed by atoms with Gasteiger partial charge in [0, 0.05) is 25.1 Å². The van der Waals surface area contributed by atoms with Gasteiger partial charge in [0.05, 0.1) is 16.9 Å². The van der Waals surface area contributed by atoms with Gasteiger partial charge in [-0.25, -0.2) is 4.98 Å². The number of benzene rings is 1. The largest absolute Gasteiger partial charge is 0.350 e. The minimum Gasteiger partial charge on any atom is -0.350 e. The average Bonchev–Trinajstić information content (AvgIpc) is 3.13. The van der Waals surface area contributed by atoms with Crippen molar-refractivity contribution in [1.82, 2.24) is 35.2 Å². The van der Waals surface area contributed by atoms with Crippen LogP contribution in [0.3, 0.4) is 0 Å². The molecule has 0 saturated carbocycles. The van der Waals surface area contributed by atoms with Crippen LogP contribution in [-0.2, 0) is 6.54 Å². The molecule has 9 heteroatoms. The zero-order valence-corrected chi connectivity index (χ0v) is 13.5. The van der Waals surface area contributed by atoms with Gasteiger partial charge >= 0.3 is 0 Å². The molecule has 0 saturated heterocycles. The summed E-state index contributed by atoms with van der Waals surface area (Å²) >= 11 is 0. The molecule has 0 amide bonds. The normalized spacial score (nSPS) is 11.5. The van der Waals surface area contributed by atoms with E-state index in [4.69, 9.17) is 0 Å². The van der Waals surface area contributed by atoms with Gasteiger partial charge in [-0.15, -0.1) is 5.10 Å². The van der Waals surface area contributed by atoms with Gasteiger partial charge in [-0.2, -0.15) is 9.67 Å². The molecule has 4 heterocycles. The molecule has 0 aliphatic carbocycles. The van der Waals surface area contributed by atoms with E-state index >= 15 is 0 Å². The number of rotatable bonds is 3. The fraction of sp³-hybridized carbons (Fsp3) is 0.0588. The maximum Gasteiger partial charge on any atom is 0.224 e. The molecule has 2 N–H and O–H groups in total. The SMILES string of the molecule is c1ccc2c(c1)Nc1nc(NCc3ccncc3)ncc1-c1nnnn1-2. The van der Waals surface area contributed by atoms with E-state index in [1.807, 2.05) is 36.4 Å². The summed E-state index contributed by atoms with van der Waals surface area (Å²) in [5.41, 5.74) is 3.57. The monoisotopic (exact) mass is 343 g/mol. The summed E-state index contributed by atoms with van der Waals surface area (Å²) in [7, 11) is 0. The third kappa shape index (κ3) is 2.42. The molecule has 9 nitrogen and oxygen atoms in total. The van der Waals surface area contributed by atoms with Crippen molar-refractivity contribution in [2.24, 2.45) is 0 Å². The summed E-state index contributed by atoms with van der Waals surface area (Å²) in [5, 5.41) is 18.6. The Hall–Kier alpha value is -3.88. The van der Waals surface area contributed by atoms with Crippen molar-refractivity contribution < 1.29 is 0 Å². The molecule has 1 aliphatic rings. The number of para-hydroxylation sites is 2. The van der Waals surface area contributed by atoms with Crippen LogP contribution < -0.4 is 10.6 Å². The van der Waals surface area contributed by atoms with Gasteiger partial charge in [0.2, 0.25) is 5.95 Å². The first kappa shape index (κ1) is 14.5. The van der Waals surface area contributed by atoms with Gasteiger partial charge in [-0.05, 0) is 40.3 Å². The van der Waals surface area contributed by atoms with Gasteiger partial charge in [-0.1, -0.05) is 12.1 Å². The number of nitrogens with one attached hydrogen (secondary N) is 2. The van der Waals surface area contributed by atoms with E-state index in [-0.39, 0.29) is 0 Å². The van der Waals surface area contributed by atoms with Crippen molar-refractivity contribution in [3.05, 3.63) is 60.6 Å². The van der Waals surface area contributed by atoms with Crippen molar-refractivity contribution >= 4 is 17.5 Å². The van der Waals surface area contributed by atoms with Crippen molar-refractivity contribution in [3.63, 3.8) is 0 Å². The van der Waals surface area contributed by atoms with Crippen LogP contribution in [0, 0.1) is 0 Å². The van der Waals surface area contributed by atoms with E-state index in [9.17, 15) is 0 Å². The molecule has 0 unspecified atom stereocenters. The van der Waals surface area contributed by atoms with E-state index in [1.165, 1.54) is 0 Å². The van der Waals surface area contributed by atoms with E-state index in [0.717, 1.165) is 22.5 Å². The highest BCUT2D eigenvalue weighted by Gasteiger charge is 2.23. The number of pyridine rings is 1. The summed E-state index contributed by atoms with van der Waals surface area (Å²) in [6, 6.07) is 11.7. The second-order valence-corrected chi connectivity index (χ2v) is 5.72. The minimum atomic E-state index is 0.520. The van der Waals surface area contributed by atoms with E-state index < -0.39 is 0 Å². The van der Waals surface area contributed by atoms with Gasteiger partial charge in [0.1, 0.15) is 5.82 Å². The van der Waals surface area contributed by atoms with Crippen LogP contribution in [0.1, 0.15) is 5.56 Å². The second-order valence-electron chi connectivity index (χ2n) is 5.72. The lowest BCUT2D eigenvalue weighted by atomic mass is 10.2. The fourth-order valence-electron chi connectivity index (χ4n) is 2.82. The van der Waals surface area contributed by atoms with Crippen molar-refractivity contribution in [2.45, 2.75) is 6.54 Å². The number of hydrogen-bond donors (Lipinski definition) is 2. The van der Waals surface area contributed by atoms with Gasteiger partial charge in [0.25, 0.3) is 0 Å². The average molecular weight is 343 g/mol. The highest BCUT2D eigenvalue weighted by atomic mass is 15.5. The highest BCUT2D eigenvalue weighted by molar-refractivity contribution is 5.81. The quantitative estimate of drug-likeness (QED) is 0.513. The molecule has 1 aliphatic heterocycles. The molecule has 0 spiro atoms. The lowest BCUT2D eigenvalue weighted by molar-refractivity contribution is 0.793. The zero-order valence-electron chi connectivity index (χ0n) is 13.5. The van der Waals surface area contributed by atoms with E-state index in [1.54, 1.807) is 23.3 Å². The Morgan fingerprint density at radius 2 is 1.96 bits per heavy atom. The van der Waals surface area contributed by atoms with E-state index in [0.29, 0.717) is 24.1 Å². The first-order valence-corrected chi connectivity index (χ1v) is 8.03. The molecule has 0 atom stereocenters. The van der Waals surface area contributed by atoms with Gasteiger partial charge in [-0.3, -0.25) is 4.98 Å². The van der Waals surface area contributed by atoms with Crippen LogP contribution in [0.5, 0.6) is 0 Å². The minimum absolute atomic E-state index is 0.520. The van der Waals surface area contributed by atoms with Crippen LogP contribution >= 0.6 is 0 Å². The number of hydrogen-bond acceptors (Lipinski definition) is 8. The van der Waals surface area contributed by atoms with Crippen molar-refractivity contribution in [1.29, 1.82) is 0 Å². The summed E-state index contributed by atoms with van der Waals surface area (Å²) < 4.78 is 1.68. The number of aromatic nitrogens is 7. The van der Waals surface area contributed by atoms with E-state index in [2.05, 4.69) is 41.1 Å². The molecule has 4 aromatic rings. The summed E-state index contributed by atoms with van der Waals surface area (Å²) in [5.74, 6) is 1.77. The van der Waals surface area contributed by atoms with Crippen molar-refractivity contribution in [3.8, 4) is 17.1 Å². The molecule has 5 rings (SSSR count). The molecule has 1 aromatic carbocycles. The molecule has 3 aromatic heterocycles. The molecule has 0 fully saturated rings. The molecule has 26 heavy (non-hydrogen) atoms. The Balaban J connectivity index is 1.53. The number of nitrogens with zero attached hydrogens (tertiary/aromatic N) is 7. The Labute approximate surface area is 148 Å². The Morgan fingerprint density at radius 3 is 2.88 bits per heavy atom. The van der Waals surface area contributed by atoms with Crippen LogP contribution in [-0.4, -0.2) is 35.2 Å². The summed E-state index contributed by atoms with van der Waals surface area (Å²) in [6.45, 7) is 0.607. The zero-order chi connectivity index (χ0) is 17.3. The second kappa shape index (κ2) is 5.88. The maximum absolute atomic E-state index is 4.61. The van der Waals surface area contributed by atoms with Crippen LogP contribution in [0.4, 0.5) is 17.5 Å². The molecule has 0 radical (unpaired) electrons. The smallest absolute Gasteiger partial charge is 0.224 e. The lowest BCUT2D eigenvalue weighted by Crippen LogP contribution is -2.06. The van der Waals surface area contributed by atoms with Crippen molar-refractivity contribution in [2.75, 3.05) is 10.6 Å². The predicted octanol–water partition coefficient (Wildman–Crippen LogP) is 2.18. The van der Waals surface area contributed by atoms with Crippen LogP contribution in [0.15, 0.2) is 55.0 Å². The van der Waals surface area contributed by atoms with Crippen LogP contribution in [0.2, 0.25) is 0 Å². The third-order valence-corrected chi connectivity index (χ3v) is 4.08. The van der Waals surface area contributed by atoms with Gasteiger partial charge in [0.15, 0.2) is 5.82 Å². The molecule has 126 valence electrons. The number of anilines is 3. The lowest BCUT2D eigenvalue weighted by Gasteiger charge is -2.10. The molecule has 0 bridgehead atoms. The first-order valence-electron chi connectivity index (χ1n) is 8.03. The molecular formula is C17H13N9. The maximum atomic E-state index is 4.61. The number of fused-ring (bicyclic) bond motifs is 5. The van der Waals surface area contributed by atoms with Crippen LogP contribution in [0.25, 0.3) is 17.1 Å². The summed E-state index contributed by atoms with van der Waals surface area (Å²) in [4.78, 5) is 13.0. The predicted molar refractivity (Wildman–Crippen MR) is 95.0 cm³/mol. The third-order valence-electron chi connectivity index (χ3n) is 4.08. The summed E-state index contributed by atoms with van der Waals surface area (Å²) in [6.07, 6.45) is 5.23. The fourth-order valence-corrected chi connectivity index (χ4v) is 2.82. The van der Waals surface area contributed by atoms with Gasteiger partial charge < -0.3 is 10.6 Å².